The van der Waals surface area contributed by atoms with Crippen LogP contribution >= 0.6 is 43.6 Å². The van der Waals surface area contributed by atoms with Gasteiger partial charge in [0.05, 0.1) is 11.4 Å². The molecule has 10 heteroatoms. The minimum atomic E-state index is -0.134. The lowest BCUT2D eigenvalue weighted by Gasteiger charge is -2.09. The van der Waals surface area contributed by atoms with Crippen molar-refractivity contribution in [2.24, 2.45) is 0 Å². The van der Waals surface area contributed by atoms with Gasteiger partial charge in [0.25, 0.3) is 0 Å². The Bertz CT molecular complexity index is 1070. The maximum Gasteiger partial charge on any atom is 0.234 e. The summed E-state index contributed by atoms with van der Waals surface area (Å²) < 4.78 is 3.65. The number of carbonyl (C=O) groups is 2. The van der Waals surface area contributed by atoms with Crippen LogP contribution in [0.1, 0.15) is 13.8 Å². The Morgan fingerprint density at radius 3 is 2.47 bits per heavy atom. The molecule has 0 saturated heterocycles. The third kappa shape index (κ3) is 5.71. The molecule has 156 valence electrons. The number of carbonyl (C=O) groups excluding carboxylic acids is 2. The monoisotopic (exact) mass is 551 g/mol. The Morgan fingerprint density at radius 1 is 1.07 bits per heavy atom. The molecule has 7 nitrogen and oxygen atoms in total. The van der Waals surface area contributed by atoms with Crippen molar-refractivity contribution in [1.29, 1.82) is 0 Å². The van der Waals surface area contributed by atoms with Crippen LogP contribution in [-0.4, -0.2) is 32.3 Å². The van der Waals surface area contributed by atoms with Crippen LogP contribution in [-0.2, 0) is 16.1 Å². The standard InChI is InChI=1S/C20H19Br2N5O2S/c1-3-27-19(13-4-7-15(8-5-13)23-12(2)28)25-26-20(27)30-11-18(29)24-17-10-14(21)6-9-16(17)22/h4-10H,3,11H2,1-2H3,(H,23,28)(H,24,29). The Hall–Kier alpha value is -2.17. The van der Waals surface area contributed by atoms with Gasteiger partial charge < -0.3 is 15.2 Å². The molecule has 1 heterocycles. The number of nitrogens with one attached hydrogen (secondary N) is 2. The van der Waals surface area contributed by atoms with Crippen molar-refractivity contribution < 1.29 is 9.59 Å². The summed E-state index contributed by atoms with van der Waals surface area (Å²) in [6.45, 7) is 4.13. The van der Waals surface area contributed by atoms with E-state index in [-0.39, 0.29) is 17.6 Å². The predicted octanol–water partition coefficient (Wildman–Crippen LogP) is 5.18. The van der Waals surface area contributed by atoms with E-state index in [2.05, 4.69) is 52.7 Å². The minimum absolute atomic E-state index is 0.119. The third-order valence-corrected chi connectivity index (χ3v) is 6.18. The molecule has 0 spiro atoms. The van der Waals surface area contributed by atoms with Crippen molar-refractivity contribution in [3.63, 3.8) is 0 Å². The smallest absolute Gasteiger partial charge is 0.234 e. The highest BCUT2D eigenvalue weighted by atomic mass is 79.9. The van der Waals surface area contributed by atoms with Gasteiger partial charge in [0.15, 0.2) is 11.0 Å². The Kier molecular flexibility index (Phi) is 7.68. The molecule has 0 radical (unpaired) electrons. The molecule has 0 aliphatic carbocycles. The average Bonchev–Trinajstić information content (AvgIpc) is 3.12. The summed E-state index contributed by atoms with van der Waals surface area (Å²) in [5.74, 6) is 0.667. The summed E-state index contributed by atoms with van der Waals surface area (Å²) in [6, 6.07) is 13.0. The molecule has 0 atom stereocenters. The fraction of sp³-hybridized carbons (Fsp3) is 0.200. The second kappa shape index (κ2) is 10.2. The number of amides is 2. The molecule has 2 amide bonds. The number of benzene rings is 2. The number of hydrogen-bond donors (Lipinski definition) is 2. The lowest BCUT2D eigenvalue weighted by Crippen LogP contribution is -2.15. The summed E-state index contributed by atoms with van der Waals surface area (Å²) in [6.07, 6.45) is 0. The summed E-state index contributed by atoms with van der Waals surface area (Å²) in [5, 5.41) is 14.8. The minimum Gasteiger partial charge on any atom is -0.326 e. The molecule has 0 aliphatic rings. The third-order valence-electron chi connectivity index (χ3n) is 4.03. The predicted molar refractivity (Wildman–Crippen MR) is 127 cm³/mol. The van der Waals surface area contributed by atoms with Gasteiger partial charge in [-0.05, 0) is 65.3 Å². The molecule has 0 saturated carbocycles. The van der Waals surface area contributed by atoms with Gasteiger partial charge in [-0.3, -0.25) is 9.59 Å². The van der Waals surface area contributed by atoms with E-state index < -0.39 is 0 Å². The van der Waals surface area contributed by atoms with Gasteiger partial charge in [0.2, 0.25) is 11.8 Å². The molecule has 1 aromatic heterocycles. The summed E-state index contributed by atoms with van der Waals surface area (Å²) >= 11 is 8.16. The average molecular weight is 553 g/mol. The van der Waals surface area contributed by atoms with Crippen LogP contribution in [0.2, 0.25) is 0 Å². The molecule has 3 rings (SSSR count). The second-order valence-electron chi connectivity index (χ2n) is 6.27. The number of rotatable bonds is 7. The zero-order valence-electron chi connectivity index (χ0n) is 16.3. The number of thioether (sulfide) groups is 1. The highest BCUT2D eigenvalue weighted by molar-refractivity contribution is 9.11. The molecule has 0 aliphatic heterocycles. The molecule has 30 heavy (non-hydrogen) atoms. The molecular formula is C20H19Br2N5O2S. The van der Waals surface area contributed by atoms with Crippen LogP contribution in [0.5, 0.6) is 0 Å². The van der Waals surface area contributed by atoms with E-state index in [0.29, 0.717) is 23.2 Å². The van der Waals surface area contributed by atoms with Gasteiger partial charge in [0.1, 0.15) is 0 Å². The van der Waals surface area contributed by atoms with Gasteiger partial charge >= 0.3 is 0 Å². The van der Waals surface area contributed by atoms with Gasteiger partial charge in [-0.25, -0.2) is 0 Å². The molecule has 3 aromatic rings. The number of hydrogen-bond acceptors (Lipinski definition) is 5. The summed E-state index contributed by atoms with van der Waals surface area (Å²) in [7, 11) is 0. The normalized spacial score (nSPS) is 10.7. The van der Waals surface area contributed by atoms with Crippen molar-refractivity contribution in [3.8, 4) is 11.4 Å². The van der Waals surface area contributed by atoms with E-state index in [1.807, 2.05) is 54.0 Å². The Labute approximate surface area is 195 Å². The lowest BCUT2D eigenvalue weighted by molar-refractivity contribution is -0.114. The topological polar surface area (TPSA) is 88.9 Å². The molecule has 2 aromatic carbocycles. The molecule has 0 fully saturated rings. The molecule has 0 bridgehead atoms. The van der Waals surface area contributed by atoms with Crippen LogP contribution in [0.4, 0.5) is 11.4 Å². The highest BCUT2D eigenvalue weighted by Crippen LogP contribution is 2.28. The number of nitrogens with zero attached hydrogens (tertiary/aromatic N) is 3. The van der Waals surface area contributed by atoms with E-state index in [4.69, 9.17) is 0 Å². The van der Waals surface area contributed by atoms with E-state index in [1.54, 1.807) is 0 Å². The van der Waals surface area contributed by atoms with Crippen LogP contribution in [0.25, 0.3) is 11.4 Å². The van der Waals surface area contributed by atoms with E-state index >= 15 is 0 Å². The Balaban J connectivity index is 1.69. The number of anilines is 2. The molecule has 2 N–H and O–H groups in total. The maximum absolute atomic E-state index is 12.4. The van der Waals surface area contributed by atoms with Crippen molar-refractivity contribution in [1.82, 2.24) is 14.8 Å². The first-order valence-corrected chi connectivity index (χ1v) is 11.6. The van der Waals surface area contributed by atoms with Crippen LogP contribution in [0.3, 0.4) is 0 Å². The molecular weight excluding hydrogens is 534 g/mol. The van der Waals surface area contributed by atoms with Crippen LogP contribution in [0, 0.1) is 0 Å². The zero-order valence-corrected chi connectivity index (χ0v) is 20.3. The largest absolute Gasteiger partial charge is 0.326 e. The lowest BCUT2D eigenvalue weighted by atomic mass is 10.2. The van der Waals surface area contributed by atoms with Crippen molar-refractivity contribution in [2.45, 2.75) is 25.5 Å². The van der Waals surface area contributed by atoms with Gasteiger partial charge in [-0.15, -0.1) is 10.2 Å². The second-order valence-corrected chi connectivity index (χ2v) is 8.98. The van der Waals surface area contributed by atoms with Gasteiger partial charge in [0, 0.05) is 33.7 Å². The first-order chi connectivity index (χ1) is 14.4. The van der Waals surface area contributed by atoms with Crippen molar-refractivity contribution in [3.05, 3.63) is 51.4 Å². The molecule has 0 unspecified atom stereocenters. The van der Waals surface area contributed by atoms with E-state index in [9.17, 15) is 9.59 Å². The van der Waals surface area contributed by atoms with Crippen molar-refractivity contribution >= 4 is 66.8 Å². The fourth-order valence-corrected chi connectivity index (χ4v) is 4.22. The SMILES string of the molecule is CCn1c(SCC(=O)Nc2cc(Br)ccc2Br)nnc1-c1ccc(NC(C)=O)cc1. The number of halogens is 2. The summed E-state index contributed by atoms with van der Waals surface area (Å²) in [4.78, 5) is 23.6. The summed E-state index contributed by atoms with van der Waals surface area (Å²) in [5.41, 5.74) is 2.30. The van der Waals surface area contributed by atoms with Crippen LogP contribution < -0.4 is 10.6 Å². The maximum atomic E-state index is 12.4. The first-order valence-electron chi connectivity index (χ1n) is 9.06. The van der Waals surface area contributed by atoms with E-state index in [0.717, 1.165) is 20.2 Å². The van der Waals surface area contributed by atoms with Crippen molar-refractivity contribution in [2.75, 3.05) is 16.4 Å². The van der Waals surface area contributed by atoms with E-state index in [1.165, 1.54) is 18.7 Å². The first kappa shape index (κ1) is 22.5. The quantitative estimate of drug-likeness (QED) is 0.394. The van der Waals surface area contributed by atoms with Gasteiger partial charge in [-0.2, -0.15) is 0 Å². The fourth-order valence-electron chi connectivity index (χ4n) is 2.71. The number of aromatic nitrogens is 3. The van der Waals surface area contributed by atoms with Crippen LogP contribution in [0.15, 0.2) is 56.6 Å². The van der Waals surface area contributed by atoms with Gasteiger partial charge in [-0.1, -0.05) is 27.7 Å². The Morgan fingerprint density at radius 2 is 1.80 bits per heavy atom. The highest BCUT2D eigenvalue weighted by Gasteiger charge is 2.15. The zero-order chi connectivity index (χ0) is 21.7.